The highest BCUT2D eigenvalue weighted by Gasteiger charge is 2.24. The zero-order valence-electron chi connectivity index (χ0n) is 14.8. The first-order valence-corrected chi connectivity index (χ1v) is 8.82. The third-order valence-corrected chi connectivity index (χ3v) is 4.50. The number of hydrogen-bond acceptors (Lipinski definition) is 7. The van der Waals surface area contributed by atoms with Crippen molar-refractivity contribution in [2.75, 3.05) is 36.4 Å². The minimum absolute atomic E-state index is 0.0676. The van der Waals surface area contributed by atoms with Gasteiger partial charge in [-0.25, -0.2) is 9.97 Å². The molecular weight excluding hydrogens is 344 g/mol. The van der Waals surface area contributed by atoms with Crippen molar-refractivity contribution in [2.24, 2.45) is 0 Å². The number of hydrogen-bond donors (Lipinski definition) is 1. The highest BCUT2D eigenvalue weighted by molar-refractivity contribution is 5.91. The Hall–Kier alpha value is -3.42. The Morgan fingerprint density at radius 1 is 1.11 bits per heavy atom. The standard InChI is InChI=1S/C19H20N6O2/c26-19(16-2-1-11-27-16)25-9-7-24(8-10-25)18-12-17(22-14-23-18)21-13-15-3-5-20-6-4-15/h1-6,11-12,14H,7-10,13H2,(H,21,22,23). The van der Waals surface area contributed by atoms with Crippen molar-refractivity contribution >= 4 is 17.5 Å². The maximum absolute atomic E-state index is 12.4. The first-order valence-electron chi connectivity index (χ1n) is 8.82. The lowest BCUT2D eigenvalue weighted by Gasteiger charge is -2.35. The molecule has 4 heterocycles. The Morgan fingerprint density at radius 2 is 1.93 bits per heavy atom. The molecule has 0 aliphatic carbocycles. The van der Waals surface area contributed by atoms with Crippen molar-refractivity contribution in [3.8, 4) is 0 Å². The number of carbonyl (C=O) groups excluding carboxylic acids is 1. The predicted molar refractivity (Wildman–Crippen MR) is 100 cm³/mol. The van der Waals surface area contributed by atoms with Gasteiger partial charge in [0.1, 0.15) is 18.0 Å². The van der Waals surface area contributed by atoms with Crippen LogP contribution in [-0.2, 0) is 6.54 Å². The van der Waals surface area contributed by atoms with Gasteiger partial charge in [-0.05, 0) is 29.8 Å². The number of pyridine rings is 1. The Bertz CT molecular complexity index is 876. The summed E-state index contributed by atoms with van der Waals surface area (Å²) in [6, 6.07) is 9.28. The molecule has 8 heteroatoms. The van der Waals surface area contributed by atoms with E-state index in [2.05, 4.69) is 25.2 Å². The van der Waals surface area contributed by atoms with Gasteiger partial charge < -0.3 is 19.5 Å². The van der Waals surface area contributed by atoms with Crippen LogP contribution in [0.3, 0.4) is 0 Å². The number of nitrogens with zero attached hydrogens (tertiary/aromatic N) is 5. The van der Waals surface area contributed by atoms with Crippen molar-refractivity contribution in [1.29, 1.82) is 0 Å². The van der Waals surface area contributed by atoms with E-state index in [4.69, 9.17) is 4.42 Å². The Morgan fingerprint density at radius 3 is 2.67 bits per heavy atom. The van der Waals surface area contributed by atoms with Crippen molar-refractivity contribution in [3.63, 3.8) is 0 Å². The number of carbonyl (C=O) groups is 1. The van der Waals surface area contributed by atoms with E-state index in [9.17, 15) is 4.79 Å². The number of piperazine rings is 1. The largest absolute Gasteiger partial charge is 0.459 e. The van der Waals surface area contributed by atoms with E-state index in [-0.39, 0.29) is 5.91 Å². The van der Waals surface area contributed by atoms with Crippen LogP contribution in [0.2, 0.25) is 0 Å². The molecule has 1 fully saturated rings. The molecule has 0 spiro atoms. The SMILES string of the molecule is O=C(c1ccco1)N1CCN(c2cc(NCc3ccncc3)ncn2)CC1. The lowest BCUT2D eigenvalue weighted by Crippen LogP contribution is -2.49. The van der Waals surface area contributed by atoms with Gasteiger partial charge >= 0.3 is 0 Å². The molecule has 1 amide bonds. The molecule has 0 radical (unpaired) electrons. The third kappa shape index (κ3) is 4.05. The minimum atomic E-state index is -0.0676. The molecule has 0 aromatic carbocycles. The topological polar surface area (TPSA) is 87.4 Å². The summed E-state index contributed by atoms with van der Waals surface area (Å²) >= 11 is 0. The Labute approximate surface area is 156 Å². The molecule has 1 aliphatic rings. The van der Waals surface area contributed by atoms with E-state index in [1.54, 1.807) is 35.8 Å². The lowest BCUT2D eigenvalue weighted by atomic mass is 10.2. The van der Waals surface area contributed by atoms with Gasteiger partial charge in [0.25, 0.3) is 5.91 Å². The normalized spacial score (nSPS) is 14.2. The molecule has 0 atom stereocenters. The molecule has 8 nitrogen and oxygen atoms in total. The molecule has 0 bridgehead atoms. The van der Waals surface area contributed by atoms with Crippen LogP contribution in [0.1, 0.15) is 16.1 Å². The van der Waals surface area contributed by atoms with Crippen LogP contribution < -0.4 is 10.2 Å². The molecule has 3 aromatic heterocycles. The van der Waals surface area contributed by atoms with Crippen molar-refractivity contribution in [2.45, 2.75) is 6.54 Å². The van der Waals surface area contributed by atoms with Gasteiger partial charge in [0.2, 0.25) is 0 Å². The van der Waals surface area contributed by atoms with Gasteiger partial charge in [-0.2, -0.15) is 0 Å². The molecule has 27 heavy (non-hydrogen) atoms. The maximum atomic E-state index is 12.4. The number of aromatic nitrogens is 3. The number of furan rings is 1. The summed E-state index contributed by atoms with van der Waals surface area (Å²) in [6.45, 7) is 3.36. The summed E-state index contributed by atoms with van der Waals surface area (Å²) in [6.07, 6.45) is 6.62. The average Bonchev–Trinajstić information content (AvgIpc) is 3.28. The second-order valence-electron chi connectivity index (χ2n) is 6.23. The van der Waals surface area contributed by atoms with Gasteiger partial charge in [0.15, 0.2) is 5.76 Å². The van der Waals surface area contributed by atoms with E-state index in [1.807, 2.05) is 18.2 Å². The van der Waals surface area contributed by atoms with Crippen LogP contribution in [0.25, 0.3) is 0 Å². The summed E-state index contributed by atoms with van der Waals surface area (Å²) < 4.78 is 5.20. The number of anilines is 2. The van der Waals surface area contributed by atoms with Crippen LogP contribution in [0.15, 0.2) is 59.7 Å². The van der Waals surface area contributed by atoms with E-state index in [1.165, 1.54) is 6.26 Å². The summed E-state index contributed by atoms with van der Waals surface area (Å²) in [7, 11) is 0. The van der Waals surface area contributed by atoms with E-state index >= 15 is 0 Å². The third-order valence-electron chi connectivity index (χ3n) is 4.50. The fourth-order valence-corrected chi connectivity index (χ4v) is 3.00. The highest BCUT2D eigenvalue weighted by Crippen LogP contribution is 2.18. The minimum Gasteiger partial charge on any atom is -0.459 e. The number of rotatable bonds is 5. The van der Waals surface area contributed by atoms with Gasteiger partial charge in [-0.1, -0.05) is 0 Å². The molecule has 0 saturated carbocycles. The molecule has 0 unspecified atom stereocenters. The van der Waals surface area contributed by atoms with E-state index < -0.39 is 0 Å². The van der Waals surface area contributed by atoms with Crippen LogP contribution in [0, 0.1) is 0 Å². The predicted octanol–water partition coefficient (Wildman–Crippen LogP) is 2.04. The first-order chi connectivity index (χ1) is 13.3. The number of amides is 1. The summed E-state index contributed by atoms with van der Waals surface area (Å²) in [5.74, 6) is 1.94. The second kappa shape index (κ2) is 7.86. The maximum Gasteiger partial charge on any atom is 0.289 e. The number of nitrogens with one attached hydrogen (secondary N) is 1. The van der Waals surface area contributed by atoms with Crippen LogP contribution >= 0.6 is 0 Å². The van der Waals surface area contributed by atoms with Gasteiger partial charge in [-0.3, -0.25) is 9.78 Å². The molecule has 138 valence electrons. The lowest BCUT2D eigenvalue weighted by molar-refractivity contribution is 0.0714. The molecule has 3 aromatic rings. The van der Waals surface area contributed by atoms with E-state index in [0.29, 0.717) is 38.5 Å². The van der Waals surface area contributed by atoms with Crippen LogP contribution in [0.4, 0.5) is 11.6 Å². The van der Waals surface area contributed by atoms with Crippen molar-refractivity contribution < 1.29 is 9.21 Å². The smallest absolute Gasteiger partial charge is 0.289 e. The highest BCUT2D eigenvalue weighted by atomic mass is 16.3. The fraction of sp³-hybridized carbons (Fsp3) is 0.263. The average molecular weight is 364 g/mol. The zero-order chi connectivity index (χ0) is 18.5. The van der Waals surface area contributed by atoms with Gasteiger partial charge in [0, 0.05) is 51.2 Å². The van der Waals surface area contributed by atoms with Crippen LogP contribution in [0.5, 0.6) is 0 Å². The molecule has 4 rings (SSSR count). The summed E-state index contributed by atoms with van der Waals surface area (Å²) in [4.78, 5) is 29.0. The van der Waals surface area contributed by atoms with Crippen LogP contribution in [-0.4, -0.2) is 51.9 Å². The molecule has 1 N–H and O–H groups in total. The molecular formula is C19H20N6O2. The zero-order valence-corrected chi connectivity index (χ0v) is 14.8. The Balaban J connectivity index is 1.35. The van der Waals surface area contributed by atoms with Gasteiger partial charge in [-0.15, -0.1) is 0 Å². The monoisotopic (exact) mass is 364 g/mol. The Kier molecular flexibility index (Phi) is 4.95. The fourth-order valence-electron chi connectivity index (χ4n) is 3.00. The van der Waals surface area contributed by atoms with Gasteiger partial charge in [0.05, 0.1) is 6.26 Å². The summed E-state index contributed by atoms with van der Waals surface area (Å²) in [5.41, 5.74) is 1.13. The molecule has 1 aliphatic heterocycles. The second-order valence-corrected chi connectivity index (χ2v) is 6.23. The molecule has 1 saturated heterocycles. The quantitative estimate of drug-likeness (QED) is 0.741. The summed E-state index contributed by atoms with van der Waals surface area (Å²) in [5, 5.41) is 3.30. The van der Waals surface area contributed by atoms with Crippen molar-refractivity contribution in [1.82, 2.24) is 19.9 Å². The first kappa shape index (κ1) is 17.0. The van der Waals surface area contributed by atoms with Crippen molar-refractivity contribution in [3.05, 3.63) is 66.6 Å². The van der Waals surface area contributed by atoms with E-state index in [0.717, 1.165) is 17.2 Å².